The Morgan fingerprint density at radius 2 is 1.74 bits per heavy atom. The van der Waals surface area contributed by atoms with Gasteiger partial charge in [0.15, 0.2) is 11.6 Å². The van der Waals surface area contributed by atoms with Crippen LogP contribution in [0.15, 0.2) is 72.8 Å². The molecule has 3 aromatic rings. The number of amides is 1. The molecule has 0 saturated carbocycles. The summed E-state index contributed by atoms with van der Waals surface area (Å²) in [5.74, 6) is -1.47. The van der Waals surface area contributed by atoms with E-state index < -0.39 is 28.8 Å². The summed E-state index contributed by atoms with van der Waals surface area (Å²) in [5.41, 5.74) is 2.74. The van der Waals surface area contributed by atoms with Gasteiger partial charge in [-0.3, -0.25) is 14.4 Å². The molecule has 0 radical (unpaired) electrons. The SMILES string of the molecule is CCCCCc1ccc(C(=O)[C@@H]2[C@H](C(=O)C(C)(C)C)N3c4ccc(Cl)cc4C=C[C@@H]3[C@]23C(=O)Nc2ccccc23)cc1. The molecule has 216 valence electrons. The molecule has 3 aliphatic heterocycles. The third-order valence-corrected chi connectivity index (χ3v) is 9.43. The number of carbonyl (C=O) groups is 3. The van der Waals surface area contributed by atoms with Gasteiger partial charge in [-0.15, -0.1) is 0 Å². The summed E-state index contributed by atoms with van der Waals surface area (Å²) in [6.07, 6.45) is 8.31. The second-order valence-corrected chi connectivity index (χ2v) is 13.3. The van der Waals surface area contributed by atoms with Crippen LogP contribution in [0.1, 0.15) is 74.0 Å². The Hall–Kier alpha value is -3.70. The number of para-hydroxylation sites is 1. The van der Waals surface area contributed by atoms with Crippen molar-refractivity contribution in [3.05, 3.63) is 100 Å². The number of unbranched alkanes of at least 4 members (excludes halogenated alkanes) is 2. The van der Waals surface area contributed by atoms with Crippen molar-refractivity contribution in [1.82, 2.24) is 0 Å². The first-order valence-electron chi connectivity index (χ1n) is 14.9. The van der Waals surface area contributed by atoms with Crippen molar-refractivity contribution in [3.63, 3.8) is 0 Å². The standard InChI is InChI=1S/C36H37ClN2O3/c1-5-6-7-10-22-13-15-23(16-14-22)32(40)30-31(33(41)35(2,3)4)39-28-19-18-25(37)21-24(28)17-20-29(39)36(30)26-11-8-9-12-27(26)38-34(36)42/h8-9,11-21,29-31H,5-7,10H2,1-4H3,(H,38,42)/t29-,30+,31-,36+/m1/s1. The fourth-order valence-corrected chi connectivity index (χ4v) is 7.37. The molecule has 3 aliphatic rings. The molecular weight excluding hydrogens is 544 g/mol. The lowest BCUT2D eigenvalue weighted by Gasteiger charge is -2.38. The van der Waals surface area contributed by atoms with Crippen molar-refractivity contribution in [3.8, 4) is 0 Å². The highest BCUT2D eigenvalue weighted by Crippen LogP contribution is 2.58. The van der Waals surface area contributed by atoms with Crippen LogP contribution >= 0.6 is 11.6 Å². The molecule has 5 nitrogen and oxygen atoms in total. The molecule has 3 aromatic carbocycles. The van der Waals surface area contributed by atoms with E-state index in [2.05, 4.69) is 12.2 Å². The molecule has 0 aliphatic carbocycles. The van der Waals surface area contributed by atoms with Crippen LogP contribution in [0.2, 0.25) is 5.02 Å². The van der Waals surface area contributed by atoms with Gasteiger partial charge in [0, 0.05) is 27.4 Å². The highest BCUT2D eigenvalue weighted by atomic mass is 35.5. The summed E-state index contributed by atoms with van der Waals surface area (Å²) in [4.78, 5) is 45.8. The Morgan fingerprint density at radius 1 is 1.00 bits per heavy atom. The van der Waals surface area contributed by atoms with Gasteiger partial charge in [-0.05, 0) is 53.8 Å². The number of fused-ring (bicyclic) bond motifs is 6. The predicted octanol–water partition coefficient (Wildman–Crippen LogP) is 7.66. The minimum Gasteiger partial charge on any atom is -0.352 e. The van der Waals surface area contributed by atoms with E-state index in [9.17, 15) is 14.4 Å². The minimum atomic E-state index is -1.30. The fraction of sp³-hybridized carbons (Fsp3) is 0.361. The molecule has 1 N–H and O–H groups in total. The van der Waals surface area contributed by atoms with Crippen molar-refractivity contribution in [1.29, 1.82) is 0 Å². The van der Waals surface area contributed by atoms with E-state index in [1.54, 1.807) is 6.07 Å². The zero-order valence-electron chi connectivity index (χ0n) is 24.6. The molecule has 1 saturated heterocycles. The van der Waals surface area contributed by atoms with E-state index in [-0.39, 0.29) is 17.5 Å². The number of anilines is 2. The summed E-state index contributed by atoms with van der Waals surface area (Å²) >= 11 is 6.38. The third-order valence-electron chi connectivity index (χ3n) is 9.19. The number of Topliss-reactive ketones (excluding diaryl/α,β-unsaturated/α-hetero) is 2. The van der Waals surface area contributed by atoms with Gasteiger partial charge in [-0.2, -0.15) is 0 Å². The van der Waals surface area contributed by atoms with Crippen LogP contribution in [0, 0.1) is 11.3 Å². The lowest BCUT2D eigenvalue weighted by molar-refractivity contribution is -0.128. The summed E-state index contributed by atoms with van der Waals surface area (Å²) < 4.78 is 0. The molecule has 0 bridgehead atoms. The number of aryl methyl sites for hydroxylation is 1. The normalized spacial score (nSPS) is 23.9. The van der Waals surface area contributed by atoms with Gasteiger partial charge in [-0.1, -0.05) is 107 Å². The molecule has 1 fully saturated rings. The van der Waals surface area contributed by atoms with Crippen LogP contribution in [0.3, 0.4) is 0 Å². The number of nitrogens with zero attached hydrogens (tertiary/aromatic N) is 1. The molecule has 0 unspecified atom stereocenters. The molecule has 3 heterocycles. The van der Waals surface area contributed by atoms with Gasteiger partial charge in [-0.25, -0.2) is 0 Å². The molecule has 1 spiro atoms. The van der Waals surface area contributed by atoms with E-state index in [1.165, 1.54) is 5.56 Å². The molecule has 6 rings (SSSR count). The summed E-state index contributed by atoms with van der Waals surface area (Å²) in [6.45, 7) is 7.83. The van der Waals surface area contributed by atoms with Crippen LogP contribution < -0.4 is 10.2 Å². The number of hydrogen-bond donors (Lipinski definition) is 1. The summed E-state index contributed by atoms with van der Waals surface area (Å²) in [7, 11) is 0. The lowest BCUT2D eigenvalue weighted by Crippen LogP contribution is -2.51. The molecule has 1 amide bonds. The Kier molecular flexibility index (Phi) is 7.13. The van der Waals surface area contributed by atoms with Crippen molar-refractivity contribution >= 4 is 46.5 Å². The first-order chi connectivity index (χ1) is 20.1. The topological polar surface area (TPSA) is 66.5 Å². The number of ketones is 2. The fourth-order valence-electron chi connectivity index (χ4n) is 7.19. The maximum atomic E-state index is 14.9. The Morgan fingerprint density at radius 3 is 2.45 bits per heavy atom. The smallest absolute Gasteiger partial charge is 0.238 e. The molecule has 42 heavy (non-hydrogen) atoms. The Bertz CT molecular complexity index is 1600. The zero-order valence-corrected chi connectivity index (χ0v) is 25.4. The van der Waals surface area contributed by atoms with E-state index in [1.807, 2.05) is 98.5 Å². The average Bonchev–Trinajstić information content (AvgIpc) is 3.44. The lowest BCUT2D eigenvalue weighted by atomic mass is 9.63. The number of hydrogen-bond acceptors (Lipinski definition) is 4. The van der Waals surface area contributed by atoms with Crippen LogP contribution in [-0.2, 0) is 21.4 Å². The number of nitrogens with one attached hydrogen (secondary N) is 1. The second kappa shape index (κ2) is 10.5. The van der Waals surface area contributed by atoms with Crippen LogP contribution in [0.5, 0.6) is 0 Å². The van der Waals surface area contributed by atoms with Gasteiger partial charge in [0.2, 0.25) is 5.91 Å². The van der Waals surface area contributed by atoms with E-state index >= 15 is 0 Å². The monoisotopic (exact) mass is 580 g/mol. The molecule has 6 heteroatoms. The quantitative estimate of drug-likeness (QED) is 0.230. The highest BCUT2D eigenvalue weighted by molar-refractivity contribution is 6.31. The Balaban J connectivity index is 1.57. The largest absolute Gasteiger partial charge is 0.352 e. The van der Waals surface area contributed by atoms with E-state index in [0.29, 0.717) is 16.3 Å². The minimum absolute atomic E-state index is 0.0766. The van der Waals surface area contributed by atoms with Crippen molar-refractivity contribution < 1.29 is 14.4 Å². The zero-order chi connectivity index (χ0) is 29.8. The number of carbonyl (C=O) groups excluding carboxylic acids is 3. The van der Waals surface area contributed by atoms with Gasteiger partial charge >= 0.3 is 0 Å². The van der Waals surface area contributed by atoms with E-state index in [0.717, 1.165) is 42.5 Å². The second-order valence-electron chi connectivity index (χ2n) is 12.8. The maximum absolute atomic E-state index is 14.9. The maximum Gasteiger partial charge on any atom is 0.238 e. The first-order valence-corrected chi connectivity index (χ1v) is 15.3. The van der Waals surface area contributed by atoms with Crippen LogP contribution in [0.4, 0.5) is 11.4 Å². The molecule has 4 atom stereocenters. The average molecular weight is 581 g/mol. The predicted molar refractivity (Wildman–Crippen MR) is 169 cm³/mol. The van der Waals surface area contributed by atoms with Crippen LogP contribution in [0.25, 0.3) is 6.08 Å². The Labute approximate surface area is 253 Å². The third kappa shape index (κ3) is 4.32. The summed E-state index contributed by atoms with van der Waals surface area (Å²) in [5, 5.41) is 3.67. The number of benzene rings is 3. The van der Waals surface area contributed by atoms with Crippen LogP contribution in [-0.4, -0.2) is 29.6 Å². The number of rotatable bonds is 7. The molecular formula is C36H37ClN2O3. The van der Waals surface area contributed by atoms with Gasteiger partial charge in [0.1, 0.15) is 11.5 Å². The van der Waals surface area contributed by atoms with Gasteiger partial charge in [0.05, 0.1) is 12.0 Å². The van der Waals surface area contributed by atoms with Crippen molar-refractivity contribution in [2.24, 2.45) is 11.3 Å². The summed E-state index contributed by atoms with van der Waals surface area (Å²) in [6, 6.07) is 19.5. The van der Waals surface area contributed by atoms with Gasteiger partial charge in [0.25, 0.3) is 0 Å². The molecule has 0 aromatic heterocycles. The highest BCUT2D eigenvalue weighted by Gasteiger charge is 2.70. The van der Waals surface area contributed by atoms with Crippen molar-refractivity contribution in [2.45, 2.75) is 70.9 Å². The number of halogens is 1. The van der Waals surface area contributed by atoms with E-state index in [4.69, 9.17) is 11.6 Å². The first kappa shape index (κ1) is 28.4. The van der Waals surface area contributed by atoms with Gasteiger partial charge < -0.3 is 10.2 Å². The van der Waals surface area contributed by atoms with Crippen molar-refractivity contribution in [2.75, 3.05) is 10.2 Å².